The maximum Gasteiger partial charge on any atom is 0.416 e. The minimum Gasteiger partial charge on any atom is -0.481 e. The van der Waals surface area contributed by atoms with E-state index in [0.717, 1.165) is 17.7 Å². The van der Waals surface area contributed by atoms with Crippen LogP contribution in [-0.4, -0.2) is 24.2 Å². The minimum absolute atomic E-state index is 0.115. The molecule has 0 bridgehead atoms. The van der Waals surface area contributed by atoms with Crippen LogP contribution in [0.2, 0.25) is 0 Å². The van der Waals surface area contributed by atoms with Crippen LogP contribution < -0.4 is 4.90 Å². The number of benzene rings is 1. The van der Waals surface area contributed by atoms with Crippen molar-refractivity contribution in [3.63, 3.8) is 0 Å². The van der Waals surface area contributed by atoms with Gasteiger partial charge in [0.05, 0.1) is 11.5 Å². The van der Waals surface area contributed by atoms with E-state index in [-0.39, 0.29) is 6.54 Å². The summed E-state index contributed by atoms with van der Waals surface area (Å²) in [7, 11) is 0. The van der Waals surface area contributed by atoms with E-state index in [1.165, 1.54) is 19.1 Å². The Bertz CT molecular complexity index is 526. The first-order valence-corrected chi connectivity index (χ1v) is 6.40. The largest absolute Gasteiger partial charge is 0.481 e. The Morgan fingerprint density at radius 1 is 1.43 bits per heavy atom. The molecular weight excluding hydrogens is 283 g/mol. The summed E-state index contributed by atoms with van der Waals surface area (Å²) < 4.78 is 38.3. The first-order chi connectivity index (χ1) is 9.61. The molecule has 0 aliphatic heterocycles. The highest BCUT2D eigenvalue weighted by molar-refractivity contribution is 5.70. The summed E-state index contributed by atoms with van der Waals surface area (Å²) in [6.07, 6.45) is -4.43. The van der Waals surface area contributed by atoms with Crippen molar-refractivity contribution in [2.75, 3.05) is 18.0 Å². The standard InChI is InChI=1S/C15H18F3NO2/c1-10(2)8-19(9-11(3)14(20)21)13-6-4-5-12(7-13)15(16,17)18/h4-7,11H,1,8-9H2,2-3H3,(H,20,21). The monoisotopic (exact) mass is 301 g/mol. The van der Waals surface area contributed by atoms with E-state index in [9.17, 15) is 18.0 Å². The highest BCUT2D eigenvalue weighted by Crippen LogP contribution is 2.32. The van der Waals surface area contributed by atoms with Gasteiger partial charge < -0.3 is 10.0 Å². The second-order valence-corrected chi connectivity index (χ2v) is 5.13. The van der Waals surface area contributed by atoms with Crippen LogP contribution in [0, 0.1) is 5.92 Å². The third kappa shape index (κ3) is 5.13. The summed E-state index contributed by atoms with van der Waals surface area (Å²) in [5.74, 6) is -1.69. The van der Waals surface area contributed by atoms with Gasteiger partial charge in [0.1, 0.15) is 0 Å². The molecule has 0 fully saturated rings. The highest BCUT2D eigenvalue weighted by Gasteiger charge is 2.31. The fraction of sp³-hybridized carbons (Fsp3) is 0.400. The molecule has 0 saturated heterocycles. The van der Waals surface area contributed by atoms with Crippen LogP contribution in [0.25, 0.3) is 0 Å². The molecule has 0 radical (unpaired) electrons. The maximum absolute atomic E-state index is 12.8. The maximum atomic E-state index is 12.8. The van der Waals surface area contributed by atoms with Crippen LogP contribution in [0.15, 0.2) is 36.4 Å². The number of aliphatic carboxylic acids is 1. The van der Waals surface area contributed by atoms with Gasteiger partial charge in [-0.15, -0.1) is 0 Å². The van der Waals surface area contributed by atoms with E-state index < -0.39 is 23.6 Å². The van der Waals surface area contributed by atoms with Crippen LogP contribution in [0.4, 0.5) is 18.9 Å². The fourth-order valence-corrected chi connectivity index (χ4v) is 1.87. The number of hydrogen-bond acceptors (Lipinski definition) is 2. The van der Waals surface area contributed by atoms with Gasteiger partial charge in [-0.2, -0.15) is 13.2 Å². The van der Waals surface area contributed by atoms with Crippen LogP contribution in [0.1, 0.15) is 19.4 Å². The zero-order chi connectivity index (χ0) is 16.2. The summed E-state index contributed by atoms with van der Waals surface area (Å²) in [4.78, 5) is 12.5. The van der Waals surface area contributed by atoms with E-state index in [2.05, 4.69) is 6.58 Å². The summed E-state index contributed by atoms with van der Waals surface area (Å²) in [6.45, 7) is 7.41. The number of anilines is 1. The fourth-order valence-electron chi connectivity index (χ4n) is 1.87. The number of carboxylic acids is 1. The number of carboxylic acid groups (broad SMARTS) is 1. The molecule has 1 rings (SSSR count). The molecule has 0 aromatic heterocycles. The smallest absolute Gasteiger partial charge is 0.416 e. The molecule has 1 N–H and O–H groups in total. The van der Waals surface area contributed by atoms with Gasteiger partial charge in [-0.1, -0.05) is 25.1 Å². The lowest BCUT2D eigenvalue weighted by molar-refractivity contribution is -0.141. The molecule has 21 heavy (non-hydrogen) atoms. The van der Waals surface area contributed by atoms with Gasteiger partial charge in [0.25, 0.3) is 0 Å². The van der Waals surface area contributed by atoms with Gasteiger partial charge in [-0.25, -0.2) is 0 Å². The molecule has 1 atom stereocenters. The molecule has 0 heterocycles. The molecule has 0 amide bonds. The molecular formula is C15H18F3NO2. The molecule has 1 aromatic carbocycles. The molecule has 0 aliphatic carbocycles. The molecule has 1 unspecified atom stereocenters. The Labute approximate surface area is 121 Å². The zero-order valence-electron chi connectivity index (χ0n) is 11.9. The van der Waals surface area contributed by atoms with Crippen molar-refractivity contribution in [2.45, 2.75) is 20.0 Å². The van der Waals surface area contributed by atoms with Crippen molar-refractivity contribution in [2.24, 2.45) is 5.92 Å². The predicted octanol–water partition coefficient (Wildman–Crippen LogP) is 3.81. The Balaban J connectivity index is 3.08. The molecule has 3 nitrogen and oxygen atoms in total. The SMILES string of the molecule is C=C(C)CN(CC(C)C(=O)O)c1cccc(C(F)(F)F)c1. The lowest BCUT2D eigenvalue weighted by atomic mass is 10.1. The number of nitrogens with zero attached hydrogens (tertiary/aromatic N) is 1. The average Bonchev–Trinajstić information content (AvgIpc) is 2.36. The van der Waals surface area contributed by atoms with Gasteiger partial charge in [-0.05, 0) is 25.1 Å². The highest BCUT2D eigenvalue weighted by atomic mass is 19.4. The second-order valence-electron chi connectivity index (χ2n) is 5.13. The van der Waals surface area contributed by atoms with Crippen molar-refractivity contribution < 1.29 is 23.1 Å². The second kappa shape index (κ2) is 6.65. The van der Waals surface area contributed by atoms with E-state index in [4.69, 9.17) is 5.11 Å². The Morgan fingerprint density at radius 3 is 2.52 bits per heavy atom. The number of hydrogen-bond donors (Lipinski definition) is 1. The lowest BCUT2D eigenvalue weighted by Crippen LogP contribution is -2.33. The van der Waals surface area contributed by atoms with Crippen LogP contribution in [0.3, 0.4) is 0 Å². The molecule has 0 spiro atoms. The Kier molecular flexibility index (Phi) is 5.41. The van der Waals surface area contributed by atoms with Crippen molar-refractivity contribution >= 4 is 11.7 Å². The summed E-state index contributed by atoms with van der Waals surface area (Å²) in [5, 5.41) is 8.97. The van der Waals surface area contributed by atoms with Gasteiger partial charge in [0, 0.05) is 18.8 Å². The first kappa shape index (κ1) is 17.1. The first-order valence-electron chi connectivity index (χ1n) is 6.40. The van der Waals surface area contributed by atoms with Crippen LogP contribution in [0.5, 0.6) is 0 Å². The minimum atomic E-state index is -4.43. The van der Waals surface area contributed by atoms with E-state index >= 15 is 0 Å². The topological polar surface area (TPSA) is 40.5 Å². The molecule has 116 valence electrons. The predicted molar refractivity (Wildman–Crippen MR) is 75.3 cm³/mol. The normalized spacial score (nSPS) is 12.8. The molecule has 6 heteroatoms. The molecule has 1 aromatic rings. The van der Waals surface area contributed by atoms with Gasteiger partial charge in [0.2, 0.25) is 0 Å². The van der Waals surface area contributed by atoms with Crippen LogP contribution in [-0.2, 0) is 11.0 Å². The Morgan fingerprint density at radius 2 is 2.05 bits per heavy atom. The van der Waals surface area contributed by atoms with Crippen molar-refractivity contribution in [1.29, 1.82) is 0 Å². The van der Waals surface area contributed by atoms with Gasteiger partial charge >= 0.3 is 12.1 Å². The third-order valence-corrected chi connectivity index (χ3v) is 2.92. The van der Waals surface area contributed by atoms with Gasteiger partial charge in [-0.3, -0.25) is 4.79 Å². The molecule has 0 saturated carbocycles. The van der Waals surface area contributed by atoms with Crippen molar-refractivity contribution in [3.05, 3.63) is 42.0 Å². The van der Waals surface area contributed by atoms with E-state index in [0.29, 0.717) is 12.2 Å². The number of alkyl halides is 3. The third-order valence-electron chi connectivity index (χ3n) is 2.92. The summed E-state index contributed by atoms with van der Waals surface area (Å²) >= 11 is 0. The average molecular weight is 301 g/mol. The Hall–Kier alpha value is -1.98. The lowest BCUT2D eigenvalue weighted by Gasteiger charge is -2.27. The summed E-state index contributed by atoms with van der Waals surface area (Å²) in [5.41, 5.74) is 0.320. The number of carbonyl (C=O) groups is 1. The van der Waals surface area contributed by atoms with Crippen molar-refractivity contribution in [3.8, 4) is 0 Å². The van der Waals surface area contributed by atoms with Crippen molar-refractivity contribution in [1.82, 2.24) is 0 Å². The number of halogens is 3. The quantitative estimate of drug-likeness (QED) is 0.812. The zero-order valence-corrected chi connectivity index (χ0v) is 11.9. The van der Waals surface area contributed by atoms with E-state index in [1.807, 2.05) is 0 Å². The summed E-state index contributed by atoms with van der Waals surface area (Å²) in [6, 6.07) is 4.86. The van der Waals surface area contributed by atoms with Crippen LogP contribution >= 0.6 is 0 Å². The molecule has 0 aliphatic rings. The number of rotatable bonds is 6. The van der Waals surface area contributed by atoms with E-state index in [1.54, 1.807) is 11.8 Å². The van der Waals surface area contributed by atoms with Gasteiger partial charge in [0.15, 0.2) is 0 Å².